The number of fused-ring (bicyclic) bond motifs is 6. The number of nitrogens with zero attached hydrogens (tertiary/aromatic N) is 2. The fraction of sp³-hybridized carbons (Fsp3) is 0.240. The van der Waals surface area contributed by atoms with Gasteiger partial charge in [-0.25, -0.2) is 17.6 Å². The maximum atomic E-state index is 14.2. The number of hydrogen-bond acceptors (Lipinski definition) is 4. The van der Waals surface area contributed by atoms with E-state index in [4.69, 9.17) is 0 Å². The third-order valence-corrected chi connectivity index (χ3v) is 6.58. The Labute approximate surface area is 201 Å². The van der Waals surface area contributed by atoms with Gasteiger partial charge in [-0.2, -0.15) is 0 Å². The van der Waals surface area contributed by atoms with Gasteiger partial charge in [0, 0.05) is 31.4 Å². The number of rotatable bonds is 3. The summed E-state index contributed by atoms with van der Waals surface area (Å²) >= 11 is 0. The molecule has 0 fully saturated rings. The van der Waals surface area contributed by atoms with Crippen LogP contribution in [0.4, 0.5) is 17.6 Å². The highest BCUT2D eigenvalue weighted by Gasteiger charge is 2.39. The zero-order chi connectivity index (χ0) is 25.9. The summed E-state index contributed by atoms with van der Waals surface area (Å²) in [4.78, 5) is 40.0. The van der Waals surface area contributed by atoms with Gasteiger partial charge in [-0.05, 0) is 54.3 Å². The molecule has 2 aliphatic heterocycles. The van der Waals surface area contributed by atoms with Crippen LogP contribution in [0.2, 0.25) is 0 Å². The first kappa shape index (κ1) is 23.6. The lowest BCUT2D eigenvalue weighted by Gasteiger charge is -2.35. The van der Waals surface area contributed by atoms with Gasteiger partial charge in [-0.3, -0.25) is 14.4 Å². The molecule has 3 aromatic rings. The summed E-state index contributed by atoms with van der Waals surface area (Å²) in [7, 11) is 0. The Bertz CT molecular complexity index is 1500. The first-order valence-electron chi connectivity index (χ1n) is 11.0. The highest BCUT2D eigenvalue weighted by atomic mass is 19.2. The normalized spacial score (nSPS) is 16.3. The van der Waals surface area contributed by atoms with Gasteiger partial charge in [0.15, 0.2) is 23.1 Å². The Balaban J connectivity index is 1.57. The van der Waals surface area contributed by atoms with E-state index in [1.54, 1.807) is 0 Å². The molecule has 186 valence electrons. The number of aromatic hydroxyl groups is 1. The van der Waals surface area contributed by atoms with Crippen molar-refractivity contribution >= 4 is 11.8 Å². The molecule has 5 rings (SSSR count). The monoisotopic (exact) mass is 501 g/mol. The van der Waals surface area contributed by atoms with Crippen LogP contribution in [0.25, 0.3) is 0 Å². The second-order valence-corrected chi connectivity index (χ2v) is 8.85. The molecule has 3 heterocycles. The van der Waals surface area contributed by atoms with Crippen molar-refractivity contribution in [3.05, 3.63) is 97.5 Å². The van der Waals surface area contributed by atoms with Gasteiger partial charge in [0.2, 0.25) is 5.43 Å². The molecular weight excluding hydrogens is 482 g/mol. The van der Waals surface area contributed by atoms with Crippen molar-refractivity contribution in [2.45, 2.75) is 25.9 Å². The minimum absolute atomic E-state index is 0.0348. The summed E-state index contributed by atoms with van der Waals surface area (Å²) in [6.07, 6.45) is 1.26. The lowest BCUT2D eigenvalue weighted by molar-refractivity contribution is 0.0686. The first-order chi connectivity index (χ1) is 17.1. The van der Waals surface area contributed by atoms with Crippen LogP contribution < -0.4 is 10.7 Å². The van der Waals surface area contributed by atoms with E-state index in [2.05, 4.69) is 5.32 Å². The number of nitrogens with one attached hydrogen (secondary N) is 1. The predicted octanol–water partition coefficient (Wildman–Crippen LogP) is 2.95. The highest BCUT2D eigenvalue weighted by molar-refractivity contribution is 5.99. The molecule has 2 amide bonds. The SMILES string of the molecule is Cc1cc(F)c(CNC(=O)c2cn3c(c(O)c2=O)C(=O)N2CCc4cc(F)c(F)cc4[C@@H]3C2)c(F)c1. The zero-order valence-electron chi connectivity index (χ0n) is 18.9. The van der Waals surface area contributed by atoms with E-state index in [1.807, 2.05) is 0 Å². The maximum absolute atomic E-state index is 14.2. The Morgan fingerprint density at radius 3 is 2.42 bits per heavy atom. The molecule has 1 aromatic heterocycles. The van der Waals surface area contributed by atoms with E-state index in [0.717, 1.165) is 30.5 Å². The lowest BCUT2D eigenvalue weighted by Crippen LogP contribution is -2.45. The number of hydrogen-bond donors (Lipinski definition) is 2. The number of carbonyl (C=O) groups excluding carboxylic acids is 2. The van der Waals surface area contributed by atoms with Crippen LogP contribution in [0.5, 0.6) is 5.75 Å². The number of pyridine rings is 1. The summed E-state index contributed by atoms with van der Waals surface area (Å²) in [6, 6.07) is 3.39. The summed E-state index contributed by atoms with van der Waals surface area (Å²) < 4.78 is 57.5. The molecule has 2 N–H and O–H groups in total. The van der Waals surface area contributed by atoms with Gasteiger partial charge in [-0.15, -0.1) is 0 Å². The molecule has 0 saturated heterocycles. The fourth-order valence-corrected chi connectivity index (χ4v) is 4.76. The summed E-state index contributed by atoms with van der Waals surface area (Å²) in [5, 5.41) is 12.9. The number of benzene rings is 2. The van der Waals surface area contributed by atoms with Crippen LogP contribution in [0.15, 0.2) is 35.3 Å². The summed E-state index contributed by atoms with van der Waals surface area (Å²) in [5.74, 6) is -6.62. The zero-order valence-corrected chi connectivity index (χ0v) is 18.9. The van der Waals surface area contributed by atoms with E-state index in [-0.39, 0.29) is 25.2 Å². The summed E-state index contributed by atoms with van der Waals surface area (Å²) in [6.45, 7) is 1.10. The van der Waals surface area contributed by atoms with Crippen LogP contribution in [0, 0.1) is 30.2 Å². The van der Waals surface area contributed by atoms with E-state index in [0.29, 0.717) is 16.7 Å². The van der Waals surface area contributed by atoms with E-state index in [1.165, 1.54) is 16.4 Å². The van der Waals surface area contributed by atoms with Crippen molar-refractivity contribution < 1.29 is 32.3 Å². The minimum Gasteiger partial charge on any atom is -0.503 e. The second kappa shape index (κ2) is 8.51. The number of amides is 2. The molecule has 7 nitrogen and oxygen atoms in total. The van der Waals surface area contributed by atoms with E-state index in [9.17, 15) is 37.1 Å². The number of aryl methyl sites for hydroxylation is 1. The Morgan fingerprint density at radius 1 is 1.06 bits per heavy atom. The van der Waals surface area contributed by atoms with Crippen molar-refractivity contribution in [2.75, 3.05) is 13.1 Å². The van der Waals surface area contributed by atoms with E-state index >= 15 is 0 Å². The molecule has 0 unspecified atom stereocenters. The van der Waals surface area contributed by atoms with Crippen molar-refractivity contribution in [1.82, 2.24) is 14.8 Å². The topological polar surface area (TPSA) is 91.6 Å². The third-order valence-electron chi connectivity index (χ3n) is 6.58. The molecule has 2 aromatic carbocycles. The molecule has 0 aliphatic carbocycles. The van der Waals surface area contributed by atoms with Crippen molar-refractivity contribution in [3.8, 4) is 5.75 Å². The average Bonchev–Trinajstić information content (AvgIpc) is 2.97. The Morgan fingerprint density at radius 2 is 1.72 bits per heavy atom. The van der Waals surface area contributed by atoms with Crippen molar-refractivity contribution in [3.63, 3.8) is 0 Å². The van der Waals surface area contributed by atoms with Crippen molar-refractivity contribution in [2.24, 2.45) is 0 Å². The highest BCUT2D eigenvalue weighted by Crippen LogP contribution is 2.35. The maximum Gasteiger partial charge on any atom is 0.274 e. The van der Waals surface area contributed by atoms with Gasteiger partial charge >= 0.3 is 0 Å². The first-order valence-corrected chi connectivity index (χ1v) is 11.0. The largest absolute Gasteiger partial charge is 0.503 e. The minimum atomic E-state index is -1.15. The van der Waals surface area contributed by atoms with Crippen LogP contribution in [-0.4, -0.2) is 39.5 Å². The molecule has 0 saturated carbocycles. The molecule has 36 heavy (non-hydrogen) atoms. The van der Waals surface area contributed by atoms with Gasteiger partial charge < -0.3 is 19.9 Å². The van der Waals surface area contributed by atoms with Gasteiger partial charge in [0.05, 0.1) is 6.04 Å². The number of aromatic nitrogens is 1. The molecule has 0 radical (unpaired) electrons. The van der Waals surface area contributed by atoms with Crippen LogP contribution in [0.3, 0.4) is 0 Å². The van der Waals surface area contributed by atoms with Gasteiger partial charge in [-0.1, -0.05) is 0 Å². The number of halogens is 4. The number of carbonyl (C=O) groups is 2. The smallest absolute Gasteiger partial charge is 0.274 e. The van der Waals surface area contributed by atoms with Crippen LogP contribution in [0.1, 0.15) is 49.1 Å². The fourth-order valence-electron chi connectivity index (χ4n) is 4.76. The van der Waals surface area contributed by atoms with Crippen LogP contribution in [-0.2, 0) is 13.0 Å². The van der Waals surface area contributed by atoms with E-state index < -0.39 is 70.0 Å². The van der Waals surface area contributed by atoms with Gasteiger partial charge in [0.25, 0.3) is 11.8 Å². The van der Waals surface area contributed by atoms with Crippen molar-refractivity contribution in [1.29, 1.82) is 0 Å². The Hall–Kier alpha value is -4.15. The predicted molar refractivity (Wildman–Crippen MR) is 119 cm³/mol. The molecule has 1 atom stereocenters. The van der Waals surface area contributed by atoms with Gasteiger partial charge in [0.1, 0.15) is 17.2 Å². The molecule has 2 aliphatic rings. The second-order valence-electron chi connectivity index (χ2n) is 8.85. The standard InChI is InChI=1S/C25H19F4N3O4/c1-11-4-16(26)14(17(27)5-11)8-30-24(35)15-9-32-20-10-31(25(36)21(32)23(34)22(15)33)3-2-12-6-18(28)19(29)7-13(12)20/h4-7,9,20,34H,2-3,8,10H2,1H3,(H,30,35)/t20-/m0/s1. The lowest BCUT2D eigenvalue weighted by atomic mass is 9.97. The molecule has 11 heteroatoms. The van der Waals surface area contributed by atoms with Crippen LogP contribution >= 0.6 is 0 Å². The Kier molecular flexibility index (Phi) is 5.57. The molecular formula is C25H19F4N3O4. The molecule has 2 bridgehead atoms. The average molecular weight is 501 g/mol. The summed E-state index contributed by atoms with van der Waals surface area (Å²) in [5.41, 5.74) is -1.42. The molecule has 0 spiro atoms. The third kappa shape index (κ3) is 3.71. The quantitative estimate of drug-likeness (QED) is 0.540.